The molecule has 1 aromatic carbocycles. The summed E-state index contributed by atoms with van der Waals surface area (Å²) in [6, 6.07) is 6.17. The first-order chi connectivity index (χ1) is 10.1. The number of nitrogens with one attached hydrogen (secondary N) is 1. The lowest BCUT2D eigenvalue weighted by Crippen LogP contribution is -2.27. The number of amides is 1. The van der Waals surface area contributed by atoms with E-state index in [1.54, 1.807) is 19.2 Å². The smallest absolute Gasteiger partial charge is 0.274 e. The number of anilines is 1. The molecule has 0 atom stereocenters. The fourth-order valence-corrected chi connectivity index (χ4v) is 1.89. The molecule has 1 heterocycles. The maximum Gasteiger partial charge on any atom is 0.274 e. The molecule has 21 heavy (non-hydrogen) atoms. The van der Waals surface area contributed by atoms with Gasteiger partial charge in [-0.2, -0.15) is 0 Å². The highest BCUT2D eigenvalue weighted by Gasteiger charge is 2.14. The number of benzene rings is 1. The molecule has 0 bridgehead atoms. The van der Waals surface area contributed by atoms with Crippen LogP contribution in [0.2, 0.25) is 0 Å². The Morgan fingerprint density at radius 1 is 1.33 bits per heavy atom. The molecule has 0 unspecified atom stereocenters. The molecular formula is C15H17FN4O. The third-order valence-corrected chi connectivity index (χ3v) is 2.88. The summed E-state index contributed by atoms with van der Waals surface area (Å²) < 4.78 is 13.1. The van der Waals surface area contributed by atoms with Crippen molar-refractivity contribution in [2.75, 3.05) is 18.9 Å². The molecule has 1 N–H and O–H groups in total. The Hall–Kier alpha value is -2.50. The first kappa shape index (κ1) is 14.9. The maximum absolute atomic E-state index is 13.1. The van der Waals surface area contributed by atoms with Gasteiger partial charge in [-0.1, -0.05) is 12.1 Å². The minimum absolute atomic E-state index is 0.255. The Morgan fingerprint density at radius 2 is 2.14 bits per heavy atom. The quantitative estimate of drug-likeness (QED) is 0.917. The lowest BCUT2D eigenvalue weighted by Gasteiger charge is -2.16. The number of carbonyl (C=O) groups is 1. The molecule has 2 aromatic rings. The van der Waals surface area contributed by atoms with Gasteiger partial charge in [0.2, 0.25) is 0 Å². The number of rotatable bonds is 5. The molecule has 110 valence electrons. The highest BCUT2D eigenvalue weighted by atomic mass is 19.1. The number of nitrogens with zero attached hydrogens (tertiary/aromatic N) is 3. The standard InChI is InChI=1S/C15H17FN4O/c1-3-17-14-9-18-13(8-19-14)15(21)20(2)10-11-5-4-6-12(16)7-11/h4-9H,3,10H2,1-2H3,(H,17,19). The number of aromatic nitrogens is 2. The summed E-state index contributed by atoms with van der Waals surface area (Å²) in [7, 11) is 1.65. The van der Waals surface area contributed by atoms with Crippen LogP contribution in [0.5, 0.6) is 0 Å². The topological polar surface area (TPSA) is 58.1 Å². The van der Waals surface area contributed by atoms with Crippen LogP contribution in [0.4, 0.5) is 10.2 Å². The summed E-state index contributed by atoms with van der Waals surface area (Å²) in [5.41, 5.74) is 0.985. The van der Waals surface area contributed by atoms with E-state index in [1.807, 2.05) is 6.92 Å². The fraction of sp³-hybridized carbons (Fsp3) is 0.267. The van der Waals surface area contributed by atoms with Gasteiger partial charge in [-0.25, -0.2) is 14.4 Å². The molecule has 1 aromatic heterocycles. The molecular weight excluding hydrogens is 271 g/mol. The predicted molar refractivity (Wildman–Crippen MR) is 78.4 cm³/mol. The number of carbonyl (C=O) groups excluding carboxylic acids is 1. The van der Waals surface area contributed by atoms with Crippen LogP contribution in [-0.2, 0) is 6.54 Å². The second-order valence-corrected chi connectivity index (χ2v) is 4.61. The van der Waals surface area contributed by atoms with E-state index in [0.29, 0.717) is 12.4 Å². The Kier molecular flexibility index (Phi) is 4.81. The molecule has 5 nitrogen and oxygen atoms in total. The summed E-state index contributed by atoms with van der Waals surface area (Å²) >= 11 is 0. The van der Waals surface area contributed by atoms with Gasteiger partial charge in [-0.3, -0.25) is 4.79 Å². The normalized spacial score (nSPS) is 10.2. The largest absolute Gasteiger partial charge is 0.369 e. The molecule has 0 aliphatic rings. The Labute approximate surface area is 122 Å². The molecule has 0 fully saturated rings. The molecule has 0 saturated heterocycles. The van der Waals surface area contributed by atoms with E-state index >= 15 is 0 Å². The fourth-order valence-electron chi connectivity index (χ4n) is 1.89. The summed E-state index contributed by atoms with van der Waals surface area (Å²) in [5, 5.41) is 3.01. The van der Waals surface area contributed by atoms with E-state index in [9.17, 15) is 9.18 Å². The third-order valence-electron chi connectivity index (χ3n) is 2.88. The van der Waals surface area contributed by atoms with Crippen LogP contribution in [0.1, 0.15) is 23.0 Å². The van der Waals surface area contributed by atoms with Gasteiger partial charge in [0.1, 0.15) is 17.3 Å². The van der Waals surface area contributed by atoms with Gasteiger partial charge in [-0.15, -0.1) is 0 Å². The molecule has 2 rings (SSSR count). The SMILES string of the molecule is CCNc1cnc(C(=O)N(C)Cc2cccc(F)c2)cn1. The van der Waals surface area contributed by atoms with Crippen molar-refractivity contribution in [3.05, 3.63) is 53.7 Å². The van der Waals surface area contributed by atoms with E-state index < -0.39 is 0 Å². The van der Waals surface area contributed by atoms with E-state index in [4.69, 9.17) is 0 Å². The molecule has 0 saturated carbocycles. The summed E-state index contributed by atoms with van der Waals surface area (Å²) in [4.78, 5) is 21.9. The number of hydrogen-bond donors (Lipinski definition) is 1. The molecule has 6 heteroatoms. The highest BCUT2D eigenvalue weighted by molar-refractivity contribution is 5.91. The van der Waals surface area contributed by atoms with Crippen molar-refractivity contribution in [3.8, 4) is 0 Å². The number of halogens is 1. The van der Waals surface area contributed by atoms with E-state index in [-0.39, 0.29) is 17.4 Å². The van der Waals surface area contributed by atoms with Crippen molar-refractivity contribution in [3.63, 3.8) is 0 Å². The van der Waals surface area contributed by atoms with Gasteiger partial charge in [0, 0.05) is 20.1 Å². The van der Waals surface area contributed by atoms with Crippen molar-refractivity contribution >= 4 is 11.7 Å². The van der Waals surface area contributed by atoms with Crippen LogP contribution in [0.3, 0.4) is 0 Å². The third kappa shape index (κ3) is 3.98. The summed E-state index contributed by atoms with van der Waals surface area (Å²) in [6.45, 7) is 3.00. The van der Waals surface area contributed by atoms with Crippen LogP contribution in [-0.4, -0.2) is 34.4 Å². The van der Waals surface area contributed by atoms with Crippen LogP contribution in [0, 0.1) is 5.82 Å². The van der Waals surface area contributed by atoms with Gasteiger partial charge in [0.15, 0.2) is 0 Å². The van der Waals surface area contributed by atoms with Crippen LogP contribution in [0.25, 0.3) is 0 Å². The van der Waals surface area contributed by atoms with Gasteiger partial charge >= 0.3 is 0 Å². The average Bonchev–Trinajstić information content (AvgIpc) is 2.47. The molecule has 0 spiro atoms. The first-order valence-electron chi connectivity index (χ1n) is 6.66. The highest BCUT2D eigenvalue weighted by Crippen LogP contribution is 2.09. The monoisotopic (exact) mass is 288 g/mol. The van der Waals surface area contributed by atoms with Crippen LogP contribution in [0.15, 0.2) is 36.7 Å². The minimum Gasteiger partial charge on any atom is -0.369 e. The van der Waals surface area contributed by atoms with Gasteiger partial charge in [0.25, 0.3) is 5.91 Å². The zero-order chi connectivity index (χ0) is 15.2. The van der Waals surface area contributed by atoms with Crippen LogP contribution >= 0.6 is 0 Å². The predicted octanol–water partition coefficient (Wildman–Crippen LogP) is 2.32. The van der Waals surface area contributed by atoms with Gasteiger partial charge in [-0.05, 0) is 24.6 Å². The molecule has 0 aliphatic carbocycles. The van der Waals surface area contributed by atoms with Crippen molar-refractivity contribution in [1.29, 1.82) is 0 Å². The lowest BCUT2D eigenvalue weighted by atomic mass is 10.2. The number of hydrogen-bond acceptors (Lipinski definition) is 4. The van der Waals surface area contributed by atoms with Crippen molar-refractivity contribution in [2.45, 2.75) is 13.5 Å². The van der Waals surface area contributed by atoms with Gasteiger partial charge < -0.3 is 10.2 Å². The van der Waals surface area contributed by atoms with Crippen molar-refractivity contribution in [2.24, 2.45) is 0 Å². The summed E-state index contributed by atoms with van der Waals surface area (Å²) in [6.07, 6.45) is 2.95. The first-order valence-corrected chi connectivity index (χ1v) is 6.66. The summed E-state index contributed by atoms with van der Waals surface area (Å²) in [5.74, 6) is 0.0553. The molecule has 1 amide bonds. The molecule has 0 aliphatic heterocycles. The van der Waals surface area contributed by atoms with Crippen LogP contribution < -0.4 is 5.32 Å². The van der Waals surface area contributed by atoms with E-state index in [1.165, 1.54) is 29.4 Å². The Balaban J connectivity index is 2.04. The second-order valence-electron chi connectivity index (χ2n) is 4.61. The van der Waals surface area contributed by atoms with E-state index in [2.05, 4.69) is 15.3 Å². The maximum atomic E-state index is 13.1. The minimum atomic E-state index is -0.317. The zero-order valence-corrected chi connectivity index (χ0v) is 12.0. The average molecular weight is 288 g/mol. The zero-order valence-electron chi connectivity index (χ0n) is 12.0. The second kappa shape index (κ2) is 6.78. The van der Waals surface area contributed by atoms with Crippen molar-refractivity contribution in [1.82, 2.24) is 14.9 Å². The molecule has 0 radical (unpaired) electrons. The van der Waals surface area contributed by atoms with Crippen molar-refractivity contribution < 1.29 is 9.18 Å². The van der Waals surface area contributed by atoms with Gasteiger partial charge in [0.05, 0.1) is 12.4 Å². The Bertz CT molecular complexity index is 615. The lowest BCUT2D eigenvalue weighted by molar-refractivity contribution is 0.0778. The van der Waals surface area contributed by atoms with E-state index in [0.717, 1.165) is 12.1 Å². The Morgan fingerprint density at radius 3 is 2.76 bits per heavy atom.